The Kier molecular flexibility index (Phi) is 6.85. The molecule has 0 radical (unpaired) electrons. The predicted molar refractivity (Wildman–Crippen MR) is 113 cm³/mol. The minimum atomic E-state index is -3.77. The number of anilines is 2. The molecular weight excluding hydrogens is 400 g/mol. The molecule has 0 heterocycles. The molecule has 2 aromatic rings. The van der Waals surface area contributed by atoms with Gasteiger partial charge in [-0.3, -0.25) is 13.9 Å². The largest absolute Gasteiger partial charge is 0.324 e. The third-order valence-corrected chi connectivity index (χ3v) is 5.68. The third-order valence-electron chi connectivity index (χ3n) is 4.27. The van der Waals surface area contributed by atoms with Crippen LogP contribution in [0.4, 0.5) is 11.4 Å². The SMILES string of the molecule is CCC(C(=O)Nc1cccc(C(C)=O)c1)N(c1cc(Cl)ccc1C)S(C)(=O)=O. The summed E-state index contributed by atoms with van der Waals surface area (Å²) in [5.41, 5.74) is 1.91. The number of amides is 1. The molecular formula is C20H23ClN2O4S. The summed E-state index contributed by atoms with van der Waals surface area (Å²) in [5, 5.41) is 3.09. The summed E-state index contributed by atoms with van der Waals surface area (Å²) in [7, 11) is -3.77. The van der Waals surface area contributed by atoms with Gasteiger partial charge < -0.3 is 5.32 Å². The molecule has 1 unspecified atom stereocenters. The summed E-state index contributed by atoms with van der Waals surface area (Å²) in [6, 6.07) is 10.4. The first-order valence-electron chi connectivity index (χ1n) is 8.72. The molecule has 0 bridgehead atoms. The maximum Gasteiger partial charge on any atom is 0.248 e. The van der Waals surface area contributed by atoms with Crippen LogP contribution in [0.5, 0.6) is 0 Å². The van der Waals surface area contributed by atoms with Crippen LogP contribution in [-0.2, 0) is 14.8 Å². The average Bonchev–Trinajstić information content (AvgIpc) is 2.61. The molecule has 0 aliphatic rings. The third kappa shape index (κ3) is 5.11. The lowest BCUT2D eigenvalue weighted by Gasteiger charge is -2.31. The first-order chi connectivity index (χ1) is 13.0. The van der Waals surface area contributed by atoms with Gasteiger partial charge in [0.25, 0.3) is 0 Å². The van der Waals surface area contributed by atoms with Gasteiger partial charge in [-0.15, -0.1) is 0 Å². The first kappa shape index (κ1) is 21.9. The Hall–Kier alpha value is -2.38. The number of hydrogen-bond donors (Lipinski definition) is 1. The van der Waals surface area contributed by atoms with Crippen molar-refractivity contribution in [2.75, 3.05) is 15.9 Å². The second-order valence-corrected chi connectivity index (χ2v) is 8.84. The number of ketones is 1. The van der Waals surface area contributed by atoms with Gasteiger partial charge in [0.15, 0.2) is 5.78 Å². The van der Waals surface area contributed by atoms with Gasteiger partial charge in [0.1, 0.15) is 6.04 Å². The monoisotopic (exact) mass is 422 g/mol. The highest BCUT2D eigenvalue weighted by atomic mass is 35.5. The molecule has 0 saturated carbocycles. The van der Waals surface area contributed by atoms with Crippen molar-refractivity contribution in [1.82, 2.24) is 0 Å². The van der Waals surface area contributed by atoms with Crippen LogP contribution in [-0.4, -0.2) is 32.4 Å². The number of carbonyl (C=O) groups is 2. The van der Waals surface area contributed by atoms with E-state index in [2.05, 4.69) is 5.32 Å². The van der Waals surface area contributed by atoms with Crippen LogP contribution in [0, 0.1) is 6.92 Å². The number of nitrogens with one attached hydrogen (secondary N) is 1. The molecule has 8 heteroatoms. The maximum atomic E-state index is 12.9. The van der Waals surface area contributed by atoms with Crippen molar-refractivity contribution in [3.63, 3.8) is 0 Å². The summed E-state index contributed by atoms with van der Waals surface area (Å²) < 4.78 is 26.2. The number of nitrogens with zero attached hydrogens (tertiary/aromatic N) is 1. The lowest BCUT2D eigenvalue weighted by atomic mass is 10.1. The predicted octanol–water partition coefficient (Wildman–Crippen LogP) is 4.03. The number of benzene rings is 2. The quantitative estimate of drug-likeness (QED) is 0.682. The number of hydrogen-bond acceptors (Lipinski definition) is 4. The van der Waals surface area contributed by atoms with Crippen LogP contribution in [0.25, 0.3) is 0 Å². The van der Waals surface area contributed by atoms with Crippen molar-refractivity contribution in [2.45, 2.75) is 33.2 Å². The fraction of sp³-hybridized carbons (Fsp3) is 0.300. The van der Waals surface area contributed by atoms with Crippen molar-refractivity contribution in [3.05, 3.63) is 58.6 Å². The standard InChI is InChI=1S/C20H23ClN2O4S/c1-5-18(20(25)22-17-8-6-7-15(11-17)14(3)24)23(28(4,26)27)19-12-16(21)10-9-13(19)2/h6-12,18H,5H2,1-4H3,(H,22,25). The van der Waals surface area contributed by atoms with E-state index in [1.807, 2.05) is 0 Å². The highest BCUT2D eigenvalue weighted by Crippen LogP contribution is 2.29. The molecule has 0 saturated heterocycles. The van der Waals surface area contributed by atoms with Gasteiger partial charge >= 0.3 is 0 Å². The van der Waals surface area contributed by atoms with Gasteiger partial charge in [-0.05, 0) is 50.1 Å². The topological polar surface area (TPSA) is 83.6 Å². The van der Waals surface area contributed by atoms with Gasteiger partial charge in [0, 0.05) is 16.3 Å². The molecule has 0 spiro atoms. The average molecular weight is 423 g/mol. The van der Waals surface area contributed by atoms with Gasteiger partial charge in [0.2, 0.25) is 15.9 Å². The molecule has 2 rings (SSSR count). The van der Waals surface area contributed by atoms with E-state index in [0.717, 1.165) is 10.6 Å². The van der Waals surface area contributed by atoms with Crippen LogP contribution in [0.15, 0.2) is 42.5 Å². The summed E-state index contributed by atoms with van der Waals surface area (Å²) in [4.78, 5) is 24.5. The Morgan fingerprint density at radius 2 is 1.86 bits per heavy atom. The molecule has 0 aliphatic carbocycles. The number of sulfonamides is 1. The zero-order chi connectivity index (χ0) is 21.1. The van der Waals surface area contributed by atoms with Gasteiger partial charge in [0.05, 0.1) is 11.9 Å². The fourth-order valence-electron chi connectivity index (χ4n) is 2.90. The Labute approximate surface area is 170 Å². The number of rotatable bonds is 7. The van der Waals surface area contributed by atoms with Crippen molar-refractivity contribution in [2.24, 2.45) is 0 Å². The summed E-state index contributed by atoms with van der Waals surface area (Å²) in [6.45, 7) is 4.92. The summed E-state index contributed by atoms with van der Waals surface area (Å²) in [5.74, 6) is -0.622. The molecule has 28 heavy (non-hydrogen) atoms. The van der Waals surface area contributed by atoms with E-state index in [1.165, 1.54) is 13.0 Å². The van der Waals surface area contributed by atoms with Crippen LogP contribution in [0.3, 0.4) is 0 Å². The van der Waals surface area contributed by atoms with Gasteiger partial charge in [-0.2, -0.15) is 0 Å². The fourth-order valence-corrected chi connectivity index (χ4v) is 4.32. The Bertz CT molecular complexity index is 1010. The van der Waals surface area contributed by atoms with Crippen molar-refractivity contribution in [3.8, 4) is 0 Å². The number of halogens is 1. The molecule has 1 atom stereocenters. The van der Waals surface area contributed by atoms with E-state index in [9.17, 15) is 18.0 Å². The molecule has 1 amide bonds. The second-order valence-electron chi connectivity index (χ2n) is 6.54. The number of carbonyl (C=O) groups excluding carboxylic acids is 2. The molecule has 1 N–H and O–H groups in total. The number of aryl methyl sites for hydroxylation is 1. The Morgan fingerprint density at radius 1 is 1.18 bits per heavy atom. The van der Waals surface area contributed by atoms with Crippen molar-refractivity contribution >= 4 is 44.7 Å². The van der Waals surface area contributed by atoms with E-state index in [4.69, 9.17) is 11.6 Å². The summed E-state index contributed by atoms with van der Waals surface area (Å²) >= 11 is 6.06. The first-order valence-corrected chi connectivity index (χ1v) is 10.9. The molecule has 2 aromatic carbocycles. The smallest absolute Gasteiger partial charge is 0.248 e. The van der Waals surface area contributed by atoms with Crippen LogP contribution in [0.1, 0.15) is 36.2 Å². The molecule has 0 aliphatic heterocycles. The number of Topliss-reactive ketones (excluding diaryl/α,β-unsaturated/α-hetero) is 1. The minimum absolute atomic E-state index is 0.129. The summed E-state index contributed by atoms with van der Waals surface area (Å²) in [6.07, 6.45) is 1.30. The second kappa shape index (κ2) is 8.75. The van der Waals surface area contributed by atoms with E-state index in [-0.39, 0.29) is 12.2 Å². The highest BCUT2D eigenvalue weighted by Gasteiger charge is 2.32. The maximum absolute atomic E-state index is 12.9. The van der Waals surface area contributed by atoms with Crippen molar-refractivity contribution in [1.29, 1.82) is 0 Å². The molecule has 6 nitrogen and oxygen atoms in total. The zero-order valence-electron chi connectivity index (χ0n) is 16.2. The lowest BCUT2D eigenvalue weighted by Crippen LogP contribution is -2.47. The van der Waals surface area contributed by atoms with Gasteiger partial charge in [-0.1, -0.05) is 36.7 Å². The lowest BCUT2D eigenvalue weighted by molar-refractivity contribution is -0.117. The van der Waals surface area contributed by atoms with E-state index < -0.39 is 22.0 Å². The van der Waals surface area contributed by atoms with E-state index in [1.54, 1.807) is 50.2 Å². The normalized spacial score (nSPS) is 12.3. The van der Waals surface area contributed by atoms with Gasteiger partial charge in [-0.25, -0.2) is 8.42 Å². The molecule has 150 valence electrons. The van der Waals surface area contributed by atoms with Crippen LogP contribution in [0.2, 0.25) is 5.02 Å². The van der Waals surface area contributed by atoms with Crippen LogP contribution >= 0.6 is 11.6 Å². The van der Waals surface area contributed by atoms with Crippen molar-refractivity contribution < 1.29 is 18.0 Å². The Morgan fingerprint density at radius 3 is 2.43 bits per heavy atom. The molecule has 0 aromatic heterocycles. The minimum Gasteiger partial charge on any atom is -0.324 e. The van der Waals surface area contributed by atoms with Crippen LogP contribution < -0.4 is 9.62 Å². The Balaban J connectivity index is 2.44. The van der Waals surface area contributed by atoms with E-state index in [0.29, 0.717) is 27.5 Å². The highest BCUT2D eigenvalue weighted by molar-refractivity contribution is 7.92. The molecule has 0 fully saturated rings. The van der Waals surface area contributed by atoms with E-state index >= 15 is 0 Å². The zero-order valence-corrected chi connectivity index (χ0v) is 17.8.